The second kappa shape index (κ2) is 7.03. The van der Waals surface area contributed by atoms with Crippen molar-refractivity contribution in [1.82, 2.24) is 14.8 Å². The Balaban J connectivity index is 1.63. The number of fused-ring (bicyclic) bond motifs is 1. The Morgan fingerprint density at radius 2 is 1.85 bits per heavy atom. The molecule has 0 radical (unpaired) electrons. The molecule has 2 aromatic carbocycles. The van der Waals surface area contributed by atoms with E-state index < -0.39 is 0 Å². The summed E-state index contributed by atoms with van der Waals surface area (Å²) in [6.45, 7) is 4.02. The van der Waals surface area contributed by atoms with E-state index in [2.05, 4.69) is 28.4 Å². The van der Waals surface area contributed by atoms with E-state index in [9.17, 15) is 4.79 Å². The van der Waals surface area contributed by atoms with Gasteiger partial charge in [0, 0.05) is 5.39 Å². The van der Waals surface area contributed by atoms with Crippen LogP contribution in [-0.4, -0.2) is 20.7 Å². The normalized spacial score (nSPS) is 10.9. The monoisotopic (exact) mass is 356 g/mol. The highest BCUT2D eigenvalue weighted by molar-refractivity contribution is 6.05. The molecule has 5 heteroatoms. The number of rotatable bonds is 4. The van der Waals surface area contributed by atoms with Gasteiger partial charge in [0.25, 0.3) is 5.91 Å². The molecule has 2 aromatic heterocycles. The number of nitrogens with one attached hydrogen (secondary N) is 1. The Morgan fingerprint density at radius 1 is 1.07 bits per heavy atom. The second-order valence-corrected chi connectivity index (χ2v) is 6.41. The van der Waals surface area contributed by atoms with Crippen molar-refractivity contribution in [1.29, 1.82) is 0 Å². The molecule has 0 unspecified atom stereocenters. The van der Waals surface area contributed by atoms with E-state index in [1.165, 1.54) is 5.56 Å². The Labute approximate surface area is 157 Å². The minimum absolute atomic E-state index is 0.190. The lowest BCUT2D eigenvalue weighted by atomic mass is 10.1. The van der Waals surface area contributed by atoms with Crippen LogP contribution in [0.5, 0.6) is 0 Å². The maximum atomic E-state index is 12.8. The van der Waals surface area contributed by atoms with Gasteiger partial charge in [-0.15, -0.1) is 0 Å². The number of aryl methyl sites for hydroxylation is 1. The van der Waals surface area contributed by atoms with Crippen LogP contribution in [0.25, 0.3) is 16.6 Å². The van der Waals surface area contributed by atoms with Gasteiger partial charge in [0.15, 0.2) is 0 Å². The smallest absolute Gasteiger partial charge is 0.259 e. The third-order valence-corrected chi connectivity index (χ3v) is 4.70. The molecule has 0 saturated carbocycles. The molecular formula is C22H20N4O. The number of hydrogen-bond acceptors (Lipinski definition) is 3. The van der Waals surface area contributed by atoms with E-state index in [1.807, 2.05) is 60.1 Å². The van der Waals surface area contributed by atoms with Crippen molar-refractivity contribution < 1.29 is 4.79 Å². The van der Waals surface area contributed by atoms with Gasteiger partial charge in [0.2, 0.25) is 0 Å². The lowest BCUT2D eigenvalue weighted by Crippen LogP contribution is -2.13. The zero-order valence-electron chi connectivity index (χ0n) is 15.3. The fourth-order valence-electron chi connectivity index (χ4n) is 3.23. The summed E-state index contributed by atoms with van der Waals surface area (Å²) in [6, 6.07) is 17.8. The molecule has 0 atom stereocenters. The van der Waals surface area contributed by atoms with Crippen LogP contribution in [0.4, 0.5) is 5.69 Å². The van der Waals surface area contributed by atoms with Crippen molar-refractivity contribution in [2.24, 2.45) is 0 Å². The van der Waals surface area contributed by atoms with Gasteiger partial charge in [0.05, 0.1) is 40.5 Å². The molecule has 5 nitrogen and oxygen atoms in total. The molecule has 27 heavy (non-hydrogen) atoms. The van der Waals surface area contributed by atoms with Crippen molar-refractivity contribution in [3.63, 3.8) is 0 Å². The van der Waals surface area contributed by atoms with Gasteiger partial charge in [-0.2, -0.15) is 5.10 Å². The first-order valence-electron chi connectivity index (χ1n) is 8.96. The summed E-state index contributed by atoms with van der Waals surface area (Å²) in [5, 5.41) is 8.36. The minimum Gasteiger partial charge on any atom is -0.320 e. The van der Waals surface area contributed by atoms with Crippen molar-refractivity contribution >= 4 is 22.5 Å². The van der Waals surface area contributed by atoms with Crippen molar-refractivity contribution in [2.75, 3.05) is 5.32 Å². The molecule has 4 rings (SSSR count). The van der Waals surface area contributed by atoms with E-state index in [1.54, 1.807) is 12.4 Å². The SMILES string of the molecule is CCc1ccccc1-n1ncc(C(=O)Nc2cnc3ccccc3c2)c1C. The molecule has 0 aliphatic carbocycles. The van der Waals surface area contributed by atoms with Gasteiger partial charge in [-0.25, -0.2) is 4.68 Å². The zero-order chi connectivity index (χ0) is 18.8. The number of aromatic nitrogens is 3. The summed E-state index contributed by atoms with van der Waals surface area (Å²) < 4.78 is 1.83. The van der Waals surface area contributed by atoms with Crippen LogP contribution in [0.3, 0.4) is 0 Å². The highest BCUT2D eigenvalue weighted by Crippen LogP contribution is 2.21. The van der Waals surface area contributed by atoms with Crippen LogP contribution in [0.2, 0.25) is 0 Å². The zero-order valence-corrected chi connectivity index (χ0v) is 15.3. The Hall–Kier alpha value is -3.47. The van der Waals surface area contributed by atoms with E-state index in [0.29, 0.717) is 11.3 Å². The molecule has 0 fully saturated rings. The minimum atomic E-state index is -0.190. The summed E-state index contributed by atoms with van der Waals surface area (Å²) in [6.07, 6.45) is 4.19. The topological polar surface area (TPSA) is 59.8 Å². The lowest BCUT2D eigenvalue weighted by molar-refractivity contribution is 0.102. The predicted octanol–water partition coefficient (Wildman–Crippen LogP) is 4.54. The molecule has 0 bridgehead atoms. The van der Waals surface area contributed by atoms with Crippen molar-refractivity contribution in [3.8, 4) is 5.69 Å². The number of pyridine rings is 1. The second-order valence-electron chi connectivity index (χ2n) is 6.41. The number of nitrogens with zero attached hydrogens (tertiary/aromatic N) is 3. The maximum Gasteiger partial charge on any atom is 0.259 e. The molecule has 1 amide bonds. The number of amides is 1. The molecule has 0 spiro atoms. The first-order chi connectivity index (χ1) is 13.2. The third kappa shape index (κ3) is 3.19. The molecule has 0 saturated heterocycles. The van der Waals surface area contributed by atoms with Crippen LogP contribution < -0.4 is 5.32 Å². The lowest BCUT2D eigenvalue weighted by Gasteiger charge is -2.10. The number of hydrogen-bond donors (Lipinski definition) is 1. The fourth-order valence-corrected chi connectivity index (χ4v) is 3.23. The maximum absolute atomic E-state index is 12.8. The number of benzene rings is 2. The van der Waals surface area contributed by atoms with Gasteiger partial charge in [-0.1, -0.05) is 43.3 Å². The molecule has 0 aliphatic rings. The largest absolute Gasteiger partial charge is 0.320 e. The van der Waals surface area contributed by atoms with Gasteiger partial charge in [0.1, 0.15) is 0 Å². The Morgan fingerprint density at radius 3 is 2.70 bits per heavy atom. The van der Waals surface area contributed by atoms with Gasteiger partial charge in [-0.05, 0) is 37.1 Å². The summed E-state index contributed by atoms with van der Waals surface area (Å²) in [5.41, 5.74) is 5.12. The first-order valence-corrected chi connectivity index (χ1v) is 8.96. The van der Waals surface area contributed by atoms with Crippen LogP contribution in [0, 0.1) is 6.92 Å². The summed E-state index contributed by atoms with van der Waals surface area (Å²) >= 11 is 0. The standard InChI is InChI=1S/C22H20N4O/c1-3-16-8-5-7-11-21(16)26-15(2)19(14-24-26)22(27)25-18-12-17-9-4-6-10-20(17)23-13-18/h4-14H,3H2,1-2H3,(H,25,27). The van der Waals surface area contributed by atoms with Crippen LogP contribution >= 0.6 is 0 Å². The third-order valence-electron chi connectivity index (χ3n) is 4.70. The number of para-hydroxylation sites is 2. The highest BCUT2D eigenvalue weighted by Gasteiger charge is 2.16. The first kappa shape index (κ1) is 17.0. The molecule has 0 aliphatic heterocycles. The van der Waals surface area contributed by atoms with Crippen LogP contribution in [-0.2, 0) is 6.42 Å². The quantitative estimate of drug-likeness (QED) is 0.584. The van der Waals surface area contributed by atoms with Crippen molar-refractivity contribution in [2.45, 2.75) is 20.3 Å². The summed E-state index contributed by atoms with van der Waals surface area (Å²) in [5.74, 6) is -0.190. The molecule has 2 heterocycles. The summed E-state index contributed by atoms with van der Waals surface area (Å²) in [4.78, 5) is 17.2. The van der Waals surface area contributed by atoms with Gasteiger partial charge in [-0.3, -0.25) is 9.78 Å². The molecule has 4 aromatic rings. The predicted molar refractivity (Wildman–Crippen MR) is 107 cm³/mol. The summed E-state index contributed by atoms with van der Waals surface area (Å²) in [7, 11) is 0. The number of carbonyl (C=O) groups is 1. The van der Waals surface area contributed by atoms with Crippen LogP contribution in [0.15, 0.2) is 67.0 Å². The van der Waals surface area contributed by atoms with E-state index in [-0.39, 0.29) is 5.91 Å². The molecule has 134 valence electrons. The molecule has 1 N–H and O–H groups in total. The van der Waals surface area contributed by atoms with E-state index in [4.69, 9.17) is 0 Å². The highest BCUT2D eigenvalue weighted by atomic mass is 16.1. The average molecular weight is 356 g/mol. The van der Waals surface area contributed by atoms with Gasteiger partial charge >= 0.3 is 0 Å². The molecular weight excluding hydrogens is 336 g/mol. The van der Waals surface area contributed by atoms with E-state index >= 15 is 0 Å². The Kier molecular flexibility index (Phi) is 4.42. The van der Waals surface area contributed by atoms with Crippen LogP contribution in [0.1, 0.15) is 28.5 Å². The fraction of sp³-hybridized carbons (Fsp3) is 0.136. The Bertz CT molecular complexity index is 1130. The van der Waals surface area contributed by atoms with Crippen molar-refractivity contribution in [3.05, 3.63) is 83.8 Å². The number of anilines is 1. The van der Waals surface area contributed by atoms with Gasteiger partial charge < -0.3 is 5.32 Å². The average Bonchev–Trinajstić information content (AvgIpc) is 3.09. The van der Waals surface area contributed by atoms with E-state index in [0.717, 1.165) is 28.7 Å². The number of carbonyl (C=O) groups excluding carboxylic acids is 1.